The molecular weight excluding hydrogens is 356 g/mol. The maximum Gasteiger partial charge on any atom is 0.123 e. The van der Waals surface area contributed by atoms with Gasteiger partial charge in [0, 0.05) is 5.02 Å². The second kappa shape index (κ2) is 7.36. The molecule has 7 heteroatoms. The van der Waals surface area contributed by atoms with Crippen LogP contribution in [-0.4, -0.2) is 25.8 Å². The Kier molecular flexibility index (Phi) is 6.06. The Balaban J connectivity index is 2.41. The molecule has 0 bridgehead atoms. The van der Waals surface area contributed by atoms with Crippen LogP contribution in [0.25, 0.3) is 0 Å². The molecule has 1 saturated carbocycles. The monoisotopic (exact) mass is 379 g/mol. The fraction of sp³-hybridized carbons (Fsp3) is 0.647. The van der Waals surface area contributed by atoms with E-state index in [2.05, 4.69) is 4.72 Å². The average Bonchev–Trinajstić information content (AvgIpc) is 2.49. The zero-order valence-electron chi connectivity index (χ0n) is 14.1. The van der Waals surface area contributed by atoms with E-state index in [1.54, 1.807) is 20.8 Å². The minimum absolute atomic E-state index is 0.194. The van der Waals surface area contributed by atoms with Gasteiger partial charge in [0.05, 0.1) is 27.4 Å². The summed E-state index contributed by atoms with van der Waals surface area (Å²) in [6.07, 6.45) is -0.143. The highest BCUT2D eigenvalue weighted by molar-refractivity contribution is 7.84. The van der Waals surface area contributed by atoms with E-state index in [-0.39, 0.29) is 30.7 Å². The quantitative estimate of drug-likeness (QED) is 0.823. The van der Waals surface area contributed by atoms with E-state index >= 15 is 0 Å². The molecule has 24 heavy (non-hydrogen) atoms. The highest BCUT2D eigenvalue weighted by Gasteiger charge is 2.43. The van der Waals surface area contributed by atoms with Gasteiger partial charge in [-0.2, -0.15) is 0 Å². The van der Waals surface area contributed by atoms with Crippen molar-refractivity contribution in [1.82, 2.24) is 4.72 Å². The van der Waals surface area contributed by atoms with E-state index < -0.39 is 39.4 Å². The number of rotatable bonds is 4. The van der Waals surface area contributed by atoms with Crippen LogP contribution >= 0.6 is 11.6 Å². The summed E-state index contributed by atoms with van der Waals surface area (Å²) in [5.74, 6) is -0.495. The van der Waals surface area contributed by atoms with E-state index in [1.165, 1.54) is 18.2 Å². The van der Waals surface area contributed by atoms with Crippen molar-refractivity contribution in [3.8, 4) is 0 Å². The molecule has 1 aromatic carbocycles. The number of benzene rings is 1. The van der Waals surface area contributed by atoms with E-state index in [9.17, 15) is 18.1 Å². The van der Waals surface area contributed by atoms with E-state index in [4.69, 9.17) is 11.6 Å². The van der Waals surface area contributed by atoms with Crippen molar-refractivity contribution in [2.45, 2.75) is 69.0 Å². The normalized spacial score (nSPS) is 27.7. The fourth-order valence-corrected chi connectivity index (χ4v) is 3.99. The topological polar surface area (TPSA) is 49.3 Å². The van der Waals surface area contributed by atoms with Crippen LogP contribution in [0.3, 0.4) is 0 Å². The molecule has 2 N–H and O–H groups in total. The van der Waals surface area contributed by atoms with Crippen LogP contribution < -0.4 is 4.72 Å². The number of alkyl halides is 1. The molecule has 2 atom stereocenters. The van der Waals surface area contributed by atoms with Crippen molar-refractivity contribution < 1.29 is 18.1 Å². The van der Waals surface area contributed by atoms with Gasteiger partial charge in [-0.3, -0.25) is 0 Å². The lowest BCUT2D eigenvalue weighted by atomic mass is 9.76. The minimum Gasteiger partial charge on any atom is -0.388 e. The molecule has 1 aromatic rings. The van der Waals surface area contributed by atoms with Gasteiger partial charge in [-0.25, -0.2) is 17.7 Å². The van der Waals surface area contributed by atoms with Crippen molar-refractivity contribution in [3.05, 3.63) is 34.6 Å². The predicted octanol–water partition coefficient (Wildman–Crippen LogP) is 4.22. The first kappa shape index (κ1) is 19.8. The molecule has 2 rings (SSSR count). The van der Waals surface area contributed by atoms with E-state index in [1.807, 2.05) is 0 Å². The third kappa shape index (κ3) is 4.54. The summed E-state index contributed by atoms with van der Waals surface area (Å²) in [6, 6.07) is 3.03. The van der Waals surface area contributed by atoms with E-state index in [0.717, 1.165) is 0 Å². The molecule has 0 spiro atoms. The SMILES string of the molecule is CC(C)(C)S(=O)N[C@@H](c1cc(F)ccc1Cl)C1(O)CCC(F)CC1. The largest absolute Gasteiger partial charge is 0.388 e. The van der Waals surface area contributed by atoms with Crippen molar-refractivity contribution in [2.75, 3.05) is 0 Å². The van der Waals surface area contributed by atoms with Crippen LogP contribution in [0, 0.1) is 5.82 Å². The smallest absolute Gasteiger partial charge is 0.123 e. The summed E-state index contributed by atoms with van der Waals surface area (Å²) in [4.78, 5) is 0. The lowest BCUT2D eigenvalue weighted by Gasteiger charge is -2.41. The van der Waals surface area contributed by atoms with Gasteiger partial charge >= 0.3 is 0 Å². The van der Waals surface area contributed by atoms with Crippen LogP contribution in [0.1, 0.15) is 58.1 Å². The average molecular weight is 380 g/mol. The van der Waals surface area contributed by atoms with Crippen molar-refractivity contribution in [2.24, 2.45) is 0 Å². The molecule has 0 aromatic heterocycles. The third-order valence-electron chi connectivity index (χ3n) is 4.37. The Labute approximate surface area is 149 Å². The third-order valence-corrected chi connectivity index (χ3v) is 6.27. The Hall–Kier alpha value is -0.560. The maximum atomic E-state index is 13.7. The van der Waals surface area contributed by atoms with Crippen LogP contribution in [0.4, 0.5) is 8.78 Å². The van der Waals surface area contributed by atoms with Gasteiger partial charge in [-0.05, 0) is 70.2 Å². The molecule has 1 unspecified atom stereocenters. The second-order valence-electron chi connectivity index (χ2n) is 7.38. The lowest BCUT2D eigenvalue weighted by molar-refractivity contribution is -0.0405. The molecule has 1 aliphatic rings. The molecule has 1 aliphatic carbocycles. The molecule has 0 aliphatic heterocycles. The van der Waals surface area contributed by atoms with Gasteiger partial charge in [-0.15, -0.1) is 0 Å². The first-order valence-electron chi connectivity index (χ1n) is 8.02. The van der Waals surface area contributed by atoms with Crippen LogP contribution in [0.15, 0.2) is 18.2 Å². The molecule has 0 amide bonds. The van der Waals surface area contributed by atoms with Gasteiger partial charge in [0.1, 0.15) is 12.0 Å². The maximum absolute atomic E-state index is 13.7. The van der Waals surface area contributed by atoms with Crippen molar-refractivity contribution >= 4 is 22.6 Å². The molecular formula is C17H24ClF2NO2S. The summed E-state index contributed by atoms with van der Waals surface area (Å²) >= 11 is 6.21. The molecule has 136 valence electrons. The van der Waals surface area contributed by atoms with Crippen LogP contribution in [0.5, 0.6) is 0 Å². The number of nitrogens with one attached hydrogen (secondary N) is 1. The van der Waals surface area contributed by atoms with Gasteiger partial charge in [0.15, 0.2) is 0 Å². The van der Waals surface area contributed by atoms with Crippen LogP contribution in [0.2, 0.25) is 5.02 Å². The Morgan fingerprint density at radius 3 is 2.50 bits per heavy atom. The Morgan fingerprint density at radius 2 is 1.96 bits per heavy atom. The van der Waals surface area contributed by atoms with Crippen molar-refractivity contribution in [3.63, 3.8) is 0 Å². The number of halogens is 3. The van der Waals surface area contributed by atoms with Crippen molar-refractivity contribution in [1.29, 1.82) is 0 Å². The minimum atomic E-state index is -1.50. The van der Waals surface area contributed by atoms with E-state index in [0.29, 0.717) is 5.56 Å². The fourth-order valence-electron chi connectivity index (χ4n) is 2.85. The van der Waals surface area contributed by atoms with Gasteiger partial charge in [-0.1, -0.05) is 11.6 Å². The van der Waals surface area contributed by atoms with Gasteiger partial charge in [0.2, 0.25) is 0 Å². The number of hydrogen-bond acceptors (Lipinski definition) is 2. The summed E-state index contributed by atoms with van der Waals surface area (Å²) in [6.45, 7) is 5.38. The number of hydrogen-bond donors (Lipinski definition) is 2. The molecule has 0 radical (unpaired) electrons. The first-order chi connectivity index (χ1) is 11.0. The molecule has 1 fully saturated rings. The number of aliphatic hydroxyl groups is 1. The van der Waals surface area contributed by atoms with Crippen LogP contribution in [-0.2, 0) is 11.0 Å². The van der Waals surface area contributed by atoms with Gasteiger partial charge < -0.3 is 5.11 Å². The Morgan fingerprint density at radius 1 is 1.38 bits per heavy atom. The summed E-state index contributed by atoms with van der Waals surface area (Å²) in [5, 5.41) is 11.4. The zero-order chi connectivity index (χ0) is 18.1. The highest BCUT2D eigenvalue weighted by Crippen LogP contribution is 2.42. The first-order valence-corrected chi connectivity index (χ1v) is 9.55. The zero-order valence-corrected chi connectivity index (χ0v) is 15.7. The second-order valence-corrected chi connectivity index (χ2v) is 9.78. The summed E-state index contributed by atoms with van der Waals surface area (Å²) in [7, 11) is -1.50. The van der Waals surface area contributed by atoms with Gasteiger partial charge in [0.25, 0.3) is 0 Å². The molecule has 0 heterocycles. The summed E-state index contributed by atoms with van der Waals surface area (Å²) < 4.78 is 42.1. The molecule has 0 saturated heterocycles. The Bertz CT molecular complexity index is 613. The predicted molar refractivity (Wildman–Crippen MR) is 93.5 cm³/mol. The molecule has 3 nitrogen and oxygen atoms in total. The summed E-state index contributed by atoms with van der Waals surface area (Å²) in [5.41, 5.74) is -0.991. The highest BCUT2D eigenvalue weighted by atomic mass is 35.5. The standard InChI is InChI=1S/C17H24ClF2NO2S/c1-16(2,3)24(23)21-15(13-10-12(20)4-5-14(13)18)17(22)8-6-11(19)7-9-17/h4-5,10-11,15,21-22H,6-9H2,1-3H3/t11?,15-,17?,24?/m0/s1. The lowest BCUT2D eigenvalue weighted by Crippen LogP contribution is -2.49.